The van der Waals surface area contributed by atoms with Gasteiger partial charge in [0.15, 0.2) is 0 Å². The van der Waals surface area contributed by atoms with E-state index in [2.05, 4.69) is 13.8 Å². The molecule has 0 aromatic heterocycles. The highest BCUT2D eigenvalue weighted by molar-refractivity contribution is 8.17. The van der Waals surface area contributed by atoms with Gasteiger partial charge in [0.2, 0.25) is 0 Å². The number of carboxylic acid groups (broad SMARTS) is 1. The average Bonchev–Trinajstić information content (AvgIpc) is 2.83. The molecule has 0 amide bonds. The van der Waals surface area contributed by atoms with Crippen molar-refractivity contribution in [1.82, 2.24) is 0 Å². The third kappa shape index (κ3) is 28.1. The van der Waals surface area contributed by atoms with E-state index in [-0.39, 0.29) is 4.58 Å². The molecular formula is C29H56O4S2. The molecule has 0 aliphatic heterocycles. The first kappa shape index (κ1) is 34.6. The lowest BCUT2D eigenvalue weighted by molar-refractivity contribution is -0.150. The molecule has 0 heterocycles. The van der Waals surface area contributed by atoms with Crippen LogP contribution in [0.5, 0.6) is 0 Å². The molecule has 0 aromatic carbocycles. The van der Waals surface area contributed by atoms with Crippen LogP contribution in [0.2, 0.25) is 0 Å². The summed E-state index contributed by atoms with van der Waals surface area (Å²) in [6.07, 6.45) is 26.2. The fourth-order valence-electron chi connectivity index (χ4n) is 4.09. The molecule has 0 atom stereocenters. The SMILES string of the molecule is CCCCCCCCCCCCSC(COC(=O)CC(=O)O)SCCCCCCCCCCCC. The maximum absolute atomic E-state index is 11.7. The number of hydrogen-bond acceptors (Lipinski definition) is 5. The van der Waals surface area contributed by atoms with E-state index in [1.165, 1.54) is 128 Å². The monoisotopic (exact) mass is 532 g/mol. The van der Waals surface area contributed by atoms with E-state index < -0.39 is 18.4 Å². The van der Waals surface area contributed by atoms with E-state index in [0.29, 0.717) is 6.61 Å². The normalized spacial score (nSPS) is 11.3. The fraction of sp³-hybridized carbons (Fsp3) is 0.931. The molecule has 0 aliphatic rings. The predicted molar refractivity (Wildman–Crippen MR) is 156 cm³/mol. The molecular weight excluding hydrogens is 476 g/mol. The molecule has 0 bridgehead atoms. The highest BCUT2D eigenvalue weighted by Gasteiger charge is 2.15. The molecule has 0 fully saturated rings. The van der Waals surface area contributed by atoms with Gasteiger partial charge in [-0.2, -0.15) is 0 Å². The lowest BCUT2D eigenvalue weighted by Crippen LogP contribution is -2.17. The zero-order valence-electron chi connectivity index (χ0n) is 23.0. The first-order valence-electron chi connectivity index (χ1n) is 14.7. The summed E-state index contributed by atoms with van der Waals surface area (Å²) in [7, 11) is 0. The smallest absolute Gasteiger partial charge is 0.317 e. The van der Waals surface area contributed by atoms with Crippen molar-refractivity contribution in [3.05, 3.63) is 0 Å². The fourth-order valence-corrected chi connectivity index (χ4v) is 6.65. The summed E-state index contributed by atoms with van der Waals surface area (Å²) >= 11 is 3.76. The zero-order chi connectivity index (χ0) is 25.8. The van der Waals surface area contributed by atoms with E-state index >= 15 is 0 Å². The minimum Gasteiger partial charge on any atom is -0.481 e. The Bertz CT molecular complexity index is 448. The highest BCUT2D eigenvalue weighted by atomic mass is 32.2. The minimum atomic E-state index is -1.12. The quantitative estimate of drug-likeness (QED) is 0.0468. The molecule has 0 rings (SSSR count). The van der Waals surface area contributed by atoms with E-state index in [9.17, 15) is 9.59 Å². The second kappa shape index (κ2) is 28.2. The van der Waals surface area contributed by atoms with Gasteiger partial charge in [0.05, 0.1) is 4.58 Å². The number of carboxylic acids is 1. The number of esters is 1. The first-order chi connectivity index (χ1) is 17.1. The summed E-state index contributed by atoms with van der Waals surface area (Å²) in [6.45, 7) is 4.84. The molecule has 0 spiro atoms. The van der Waals surface area contributed by atoms with Crippen molar-refractivity contribution in [2.24, 2.45) is 0 Å². The van der Waals surface area contributed by atoms with Gasteiger partial charge in [0, 0.05) is 0 Å². The average molecular weight is 533 g/mol. The van der Waals surface area contributed by atoms with Gasteiger partial charge in [-0.1, -0.05) is 129 Å². The maximum atomic E-state index is 11.7. The van der Waals surface area contributed by atoms with Crippen LogP contribution < -0.4 is 0 Å². The van der Waals surface area contributed by atoms with Crippen LogP contribution in [0.4, 0.5) is 0 Å². The van der Waals surface area contributed by atoms with Gasteiger partial charge in [0.25, 0.3) is 0 Å². The third-order valence-electron chi connectivity index (χ3n) is 6.28. The van der Waals surface area contributed by atoms with Crippen molar-refractivity contribution in [2.45, 2.75) is 153 Å². The summed E-state index contributed by atoms with van der Waals surface area (Å²) < 4.78 is 5.47. The number of aliphatic carboxylic acids is 1. The van der Waals surface area contributed by atoms with Gasteiger partial charge < -0.3 is 9.84 Å². The number of carbonyl (C=O) groups is 2. The number of rotatable bonds is 28. The van der Waals surface area contributed by atoms with Crippen LogP contribution in [-0.2, 0) is 14.3 Å². The maximum Gasteiger partial charge on any atom is 0.317 e. The molecule has 0 unspecified atom stereocenters. The summed E-state index contributed by atoms with van der Waals surface area (Å²) in [5.74, 6) is 0.426. The van der Waals surface area contributed by atoms with Crippen LogP contribution >= 0.6 is 23.5 Å². The molecule has 4 nitrogen and oxygen atoms in total. The Balaban J connectivity index is 3.90. The largest absolute Gasteiger partial charge is 0.481 e. The van der Waals surface area contributed by atoms with Crippen molar-refractivity contribution in [3.63, 3.8) is 0 Å². The molecule has 208 valence electrons. The lowest BCUT2D eigenvalue weighted by atomic mass is 10.1. The van der Waals surface area contributed by atoms with Crippen LogP contribution in [0, 0.1) is 0 Å². The Kier molecular flexibility index (Phi) is 27.9. The topological polar surface area (TPSA) is 63.6 Å². The first-order valence-corrected chi connectivity index (χ1v) is 16.8. The van der Waals surface area contributed by atoms with Gasteiger partial charge in [-0.15, -0.1) is 23.5 Å². The number of unbranched alkanes of at least 4 members (excludes halogenated alkanes) is 18. The Hall–Kier alpha value is -0.360. The Labute approximate surface area is 225 Å². The van der Waals surface area contributed by atoms with Crippen molar-refractivity contribution < 1.29 is 19.4 Å². The van der Waals surface area contributed by atoms with Crippen LogP contribution in [0.15, 0.2) is 0 Å². The molecule has 6 heteroatoms. The van der Waals surface area contributed by atoms with E-state index in [0.717, 1.165) is 11.5 Å². The van der Waals surface area contributed by atoms with Gasteiger partial charge in [-0.05, 0) is 24.3 Å². The number of thioether (sulfide) groups is 2. The molecule has 0 aromatic rings. The molecule has 0 saturated heterocycles. The van der Waals surface area contributed by atoms with Gasteiger partial charge >= 0.3 is 11.9 Å². The van der Waals surface area contributed by atoms with Crippen LogP contribution in [0.3, 0.4) is 0 Å². The lowest BCUT2D eigenvalue weighted by Gasteiger charge is -2.16. The Morgan fingerprint density at radius 2 is 0.943 bits per heavy atom. The van der Waals surface area contributed by atoms with Crippen molar-refractivity contribution >= 4 is 35.5 Å². The standard InChI is InChI=1S/C29H56O4S2/c1-3-5-7-9-11-13-15-17-19-21-23-34-29(26-33-28(32)25-27(30)31)35-24-22-20-18-16-14-12-10-8-6-4-2/h29H,3-26H2,1-2H3,(H,30,31). The second-order valence-corrected chi connectivity index (χ2v) is 12.7. The van der Waals surface area contributed by atoms with Crippen molar-refractivity contribution in [1.29, 1.82) is 0 Å². The Morgan fingerprint density at radius 3 is 1.29 bits per heavy atom. The minimum absolute atomic E-state index is 0.213. The molecule has 0 aliphatic carbocycles. The molecule has 0 radical (unpaired) electrons. The number of ether oxygens (including phenoxy) is 1. The number of hydrogen-bond donors (Lipinski definition) is 1. The number of carbonyl (C=O) groups excluding carboxylic acids is 1. The van der Waals surface area contributed by atoms with Crippen molar-refractivity contribution in [2.75, 3.05) is 18.1 Å². The van der Waals surface area contributed by atoms with E-state index in [4.69, 9.17) is 9.84 Å². The van der Waals surface area contributed by atoms with Crippen molar-refractivity contribution in [3.8, 4) is 0 Å². The predicted octanol–water partition coefficient (Wildman–Crippen LogP) is 9.64. The Morgan fingerprint density at radius 1 is 0.600 bits per heavy atom. The zero-order valence-corrected chi connectivity index (χ0v) is 24.7. The van der Waals surface area contributed by atoms with Crippen LogP contribution in [-0.4, -0.2) is 39.7 Å². The molecule has 35 heavy (non-hydrogen) atoms. The third-order valence-corrected chi connectivity index (χ3v) is 9.16. The second-order valence-electron chi connectivity index (χ2n) is 9.79. The molecule has 1 N–H and O–H groups in total. The van der Waals surface area contributed by atoms with Crippen LogP contribution in [0.1, 0.15) is 149 Å². The van der Waals surface area contributed by atoms with E-state index in [1.54, 1.807) is 0 Å². The summed E-state index contributed by atoms with van der Waals surface area (Å²) in [5, 5.41) is 8.77. The summed E-state index contributed by atoms with van der Waals surface area (Å²) in [5.41, 5.74) is 0. The van der Waals surface area contributed by atoms with Gasteiger partial charge in [-0.25, -0.2) is 0 Å². The highest BCUT2D eigenvalue weighted by Crippen LogP contribution is 2.27. The summed E-state index contributed by atoms with van der Waals surface area (Å²) in [6, 6.07) is 0. The van der Waals surface area contributed by atoms with Gasteiger partial charge in [0.1, 0.15) is 13.0 Å². The summed E-state index contributed by atoms with van der Waals surface area (Å²) in [4.78, 5) is 22.4. The van der Waals surface area contributed by atoms with E-state index in [1.807, 2.05) is 23.5 Å². The molecule has 0 saturated carbocycles. The van der Waals surface area contributed by atoms with Crippen LogP contribution in [0.25, 0.3) is 0 Å². The van der Waals surface area contributed by atoms with Gasteiger partial charge in [-0.3, -0.25) is 9.59 Å².